The molecule has 4 nitrogen and oxygen atoms in total. The van der Waals surface area contributed by atoms with Crippen LogP contribution >= 0.6 is 0 Å². The highest BCUT2D eigenvalue weighted by atomic mass is 16.2. The quantitative estimate of drug-likeness (QED) is 0.823. The molecule has 110 valence electrons. The van der Waals surface area contributed by atoms with E-state index in [1.54, 1.807) is 0 Å². The van der Waals surface area contributed by atoms with Gasteiger partial charge >= 0.3 is 0 Å². The Labute approximate surface area is 117 Å². The number of carbonyl (C=O) groups excluding carboxylic acids is 1. The van der Waals surface area contributed by atoms with Gasteiger partial charge in [0.1, 0.15) is 0 Å². The van der Waals surface area contributed by atoms with E-state index in [-0.39, 0.29) is 12.2 Å². The first kappa shape index (κ1) is 14.8. The Kier molecular flexibility index (Phi) is 4.85. The summed E-state index contributed by atoms with van der Waals surface area (Å²) in [7, 11) is 2.15. The van der Waals surface area contributed by atoms with Crippen molar-refractivity contribution in [2.24, 2.45) is 5.92 Å². The van der Waals surface area contributed by atoms with Crippen LogP contribution in [0.3, 0.4) is 0 Å². The fourth-order valence-electron chi connectivity index (χ4n) is 3.35. The van der Waals surface area contributed by atoms with E-state index in [9.17, 15) is 4.79 Å². The van der Waals surface area contributed by atoms with Crippen LogP contribution in [0, 0.1) is 5.92 Å². The van der Waals surface area contributed by atoms with E-state index < -0.39 is 0 Å². The number of likely N-dealkylation sites (N-methyl/N-ethyl adjacent to an activating group) is 1. The topological polar surface area (TPSA) is 35.6 Å². The maximum absolute atomic E-state index is 12.7. The van der Waals surface area contributed by atoms with Gasteiger partial charge in [0.2, 0.25) is 5.91 Å². The number of amides is 1. The summed E-state index contributed by atoms with van der Waals surface area (Å²) in [6, 6.07) is 0.460. The van der Waals surface area contributed by atoms with Crippen LogP contribution in [0.25, 0.3) is 0 Å². The van der Waals surface area contributed by atoms with E-state index in [2.05, 4.69) is 42.9 Å². The predicted octanol–water partition coefficient (Wildman–Crippen LogP) is 1.66. The molecule has 0 saturated carbocycles. The zero-order valence-corrected chi connectivity index (χ0v) is 12.9. The molecule has 2 fully saturated rings. The second kappa shape index (κ2) is 6.23. The van der Waals surface area contributed by atoms with E-state index in [1.165, 1.54) is 0 Å². The van der Waals surface area contributed by atoms with Gasteiger partial charge in [-0.1, -0.05) is 33.6 Å². The lowest BCUT2D eigenvalue weighted by atomic mass is 10.1. The molecule has 2 saturated heterocycles. The van der Waals surface area contributed by atoms with Crippen LogP contribution in [0.1, 0.15) is 46.5 Å². The summed E-state index contributed by atoms with van der Waals surface area (Å²) in [5.41, 5.74) is 0. The maximum atomic E-state index is 12.7. The molecule has 19 heavy (non-hydrogen) atoms. The van der Waals surface area contributed by atoms with Gasteiger partial charge in [0.15, 0.2) is 0 Å². The first-order chi connectivity index (χ1) is 9.04. The molecule has 1 N–H and O–H groups in total. The normalized spacial score (nSPS) is 32.8. The second-order valence-electron chi connectivity index (χ2n) is 6.50. The van der Waals surface area contributed by atoms with Crippen LogP contribution in [0.4, 0.5) is 0 Å². The van der Waals surface area contributed by atoms with Gasteiger partial charge in [-0.05, 0) is 32.4 Å². The van der Waals surface area contributed by atoms with E-state index >= 15 is 0 Å². The van der Waals surface area contributed by atoms with Crippen LogP contribution in [-0.4, -0.2) is 54.1 Å². The summed E-state index contributed by atoms with van der Waals surface area (Å²) in [5.74, 6) is 0.814. The van der Waals surface area contributed by atoms with Crippen LogP contribution < -0.4 is 5.32 Å². The summed E-state index contributed by atoms with van der Waals surface area (Å²) >= 11 is 0. The second-order valence-corrected chi connectivity index (χ2v) is 6.50. The minimum atomic E-state index is 0.0539. The molecule has 3 atom stereocenters. The lowest BCUT2D eigenvalue weighted by molar-refractivity contribution is -0.132. The zero-order valence-electron chi connectivity index (χ0n) is 12.9. The average molecular weight is 267 g/mol. The third-order valence-corrected chi connectivity index (χ3v) is 4.46. The number of rotatable bonds is 5. The Balaban J connectivity index is 2.07. The Hall–Kier alpha value is -0.610. The molecule has 2 rings (SSSR count). The van der Waals surface area contributed by atoms with E-state index in [0.29, 0.717) is 17.9 Å². The summed E-state index contributed by atoms with van der Waals surface area (Å²) < 4.78 is 0. The molecule has 0 radical (unpaired) electrons. The van der Waals surface area contributed by atoms with Crippen molar-refractivity contribution in [3.63, 3.8) is 0 Å². The van der Waals surface area contributed by atoms with Gasteiger partial charge in [-0.15, -0.1) is 0 Å². The van der Waals surface area contributed by atoms with Gasteiger partial charge in [-0.25, -0.2) is 0 Å². The van der Waals surface area contributed by atoms with Gasteiger partial charge in [0.05, 0.1) is 12.2 Å². The van der Waals surface area contributed by atoms with Crippen molar-refractivity contribution >= 4 is 5.91 Å². The smallest absolute Gasteiger partial charge is 0.241 e. The fraction of sp³-hybridized carbons (Fsp3) is 0.933. The Morgan fingerprint density at radius 2 is 2.16 bits per heavy atom. The van der Waals surface area contributed by atoms with Gasteiger partial charge < -0.3 is 9.80 Å². The Morgan fingerprint density at radius 1 is 1.42 bits per heavy atom. The molecule has 2 heterocycles. The Bertz CT molecular complexity index is 319. The average Bonchev–Trinajstić information content (AvgIpc) is 2.91. The molecule has 2 aliphatic heterocycles. The summed E-state index contributed by atoms with van der Waals surface area (Å²) in [4.78, 5) is 17.2. The lowest BCUT2D eigenvalue weighted by Gasteiger charge is -2.32. The molecule has 0 aromatic carbocycles. The highest BCUT2D eigenvalue weighted by Gasteiger charge is 2.44. The molecular weight excluding hydrogens is 238 g/mol. The van der Waals surface area contributed by atoms with Crippen LogP contribution in [-0.2, 0) is 4.79 Å². The maximum Gasteiger partial charge on any atom is 0.241 e. The summed E-state index contributed by atoms with van der Waals surface area (Å²) in [5, 5.41) is 3.57. The molecule has 0 aromatic rings. The standard InChI is InChI=1S/C15H29N3O/c1-5-6-7-13-15(19)18(14(16-13)11(2)3)12-8-9-17(4)10-12/h11-14,16H,5-10H2,1-4H3. The van der Waals surface area contributed by atoms with Crippen molar-refractivity contribution < 1.29 is 4.79 Å². The number of hydrogen-bond acceptors (Lipinski definition) is 3. The summed E-state index contributed by atoms with van der Waals surface area (Å²) in [6.45, 7) is 8.73. The van der Waals surface area contributed by atoms with E-state index in [0.717, 1.165) is 38.8 Å². The van der Waals surface area contributed by atoms with Crippen LogP contribution in [0.15, 0.2) is 0 Å². The van der Waals surface area contributed by atoms with Gasteiger partial charge in [0, 0.05) is 12.6 Å². The molecule has 2 aliphatic rings. The van der Waals surface area contributed by atoms with Crippen molar-refractivity contribution in [1.29, 1.82) is 0 Å². The van der Waals surface area contributed by atoms with E-state index in [1.807, 2.05) is 0 Å². The molecule has 0 aromatic heterocycles. The number of unbranched alkanes of at least 4 members (excludes halogenated alkanes) is 1. The minimum absolute atomic E-state index is 0.0539. The SMILES string of the molecule is CCCCC1NC(C(C)C)N(C2CCN(C)C2)C1=O. The number of hydrogen-bond donors (Lipinski definition) is 1. The fourth-order valence-corrected chi connectivity index (χ4v) is 3.35. The zero-order chi connectivity index (χ0) is 14.0. The third-order valence-electron chi connectivity index (χ3n) is 4.46. The monoisotopic (exact) mass is 267 g/mol. The third kappa shape index (κ3) is 3.11. The van der Waals surface area contributed by atoms with Crippen molar-refractivity contribution in [2.75, 3.05) is 20.1 Å². The molecule has 0 aliphatic carbocycles. The van der Waals surface area contributed by atoms with Gasteiger partial charge in [0.25, 0.3) is 0 Å². The first-order valence-electron chi connectivity index (χ1n) is 7.81. The number of carbonyl (C=O) groups is 1. The molecule has 4 heteroatoms. The minimum Gasteiger partial charge on any atom is -0.321 e. The molecule has 0 spiro atoms. The predicted molar refractivity (Wildman–Crippen MR) is 77.8 cm³/mol. The molecule has 1 amide bonds. The first-order valence-corrected chi connectivity index (χ1v) is 7.81. The number of nitrogens with one attached hydrogen (secondary N) is 1. The number of likely N-dealkylation sites (tertiary alicyclic amines) is 1. The van der Waals surface area contributed by atoms with Crippen molar-refractivity contribution in [3.8, 4) is 0 Å². The van der Waals surface area contributed by atoms with Crippen LogP contribution in [0.5, 0.6) is 0 Å². The van der Waals surface area contributed by atoms with Crippen molar-refractivity contribution in [1.82, 2.24) is 15.1 Å². The Morgan fingerprint density at radius 3 is 2.68 bits per heavy atom. The van der Waals surface area contributed by atoms with E-state index in [4.69, 9.17) is 0 Å². The largest absolute Gasteiger partial charge is 0.321 e. The van der Waals surface area contributed by atoms with Gasteiger partial charge in [-0.3, -0.25) is 10.1 Å². The lowest BCUT2D eigenvalue weighted by Crippen LogP contribution is -2.48. The van der Waals surface area contributed by atoms with Crippen molar-refractivity contribution in [2.45, 2.75) is 64.7 Å². The number of nitrogens with zero attached hydrogens (tertiary/aromatic N) is 2. The highest BCUT2D eigenvalue weighted by molar-refractivity contribution is 5.84. The summed E-state index contributed by atoms with van der Waals surface area (Å²) in [6.07, 6.45) is 4.62. The van der Waals surface area contributed by atoms with Gasteiger partial charge in [-0.2, -0.15) is 0 Å². The molecule has 3 unspecified atom stereocenters. The van der Waals surface area contributed by atoms with Crippen molar-refractivity contribution in [3.05, 3.63) is 0 Å². The molecular formula is C15H29N3O. The highest BCUT2D eigenvalue weighted by Crippen LogP contribution is 2.26. The van der Waals surface area contributed by atoms with Crippen LogP contribution in [0.2, 0.25) is 0 Å². The molecule has 0 bridgehead atoms.